The highest BCUT2D eigenvalue weighted by molar-refractivity contribution is 5.80. The Labute approximate surface area is 107 Å². The first-order valence-corrected chi connectivity index (χ1v) is 5.85. The molecule has 0 bridgehead atoms. The third-order valence-electron chi connectivity index (χ3n) is 3.06. The summed E-state index contributed by atoms with van der Waals surface area (Å²) in [5.74, 6) is -0.980. The lowest BCUT2D eigenvalue weighted by Gasteiger charge is -2.34. The molecule has 0 aliphatic carbocycles. The number of carboxylic acids is 1. The first-order valence-electron chi connectivity index (χ1n) is 5.85. The zero-order valence-electron chi connectivity index (χ0n) is 11.0. The summed E-state index contributed by atoms with van der Waals surface area (Å²) in [5, 5.41) is 8.83. The topological polar surface area (TPSA) is 57.6 Å². The van der Waals surface area contributed by atoms with Crippen molar-refractivity contribution in [3.63, 3.8) is 0 Å². The highest BCUT2D eigenvalue weighted by Crippen LogP contribution is 2.18. The average molecular weight is 249 g/mol. The van der Waals surface area contributed by atoms with Crippen LogP contribution in [0, 0.1) is 0 Å². The summed E-state index contributed by atoms with van der Waals surface area (Å²) in [4.78, 5) is 24.3. The highest BCUT2D eigenvalue weighted by Gasteiger charge is 2.29. The molecule has 0 atom stereocenters. The van der Waals surface area contributed by atoms with Gasteiger partial charge in [-0.3, -0.25) is 9.59 Å². The van der Waals surface area contributed by atoms with Crippen LogP contribution in [-0.2, 0) is 16.0 Å². The first-order chi connectivity index (χ1) is 8.33. The highest BCUT2D eigenvalue weighted by atomic mass is 16.4. The number of hydrogen-bond acceptors (Lipinski definition) is 2. The summed E-state index contributed by atoms with van der Waals surface area (Å²) in [6, 6.07) is 9.42. The lowest BCUT2D eigenvalue weighted by atomic mass is 9.98. The van der Waals surface area contributed by atoms with E-state index in [1.165, 1.54) is 4.90 Å². The molecule has 98 valence electrons. The normalized spacial score (nSPS) is 11.1. The number of aliphatic carboxylic acids is 1. The second-order valence-corrected chi connectivity index (χ2v) is 5.00. The lowest BCUT2D eigenvalue weighted by molar-refractivity contribution is -0.142. The van der Waals surface area contributed by atoms with Gasteiger partial charge in [-0.15, -0.1) is 0 Å². The van der Waals surface area contributed by atoms with Crippen LogP contribution in [0.15, 0.2) is 30.3 Å². The molecule has 0 saturated carbocycles. The van der Waals surface area contributed by atoms with E-state index in [-0.39, 0.29) is 12.3 Å². The predicted octanol–water partition coefficient (Wildman–Crippen LogP) is 1.94. The smallest absolute Gasteiger partial charge is 0.305 e. The quantitative estimate of drug-likeness (QED) is 0.867. The molecule has 1 amide bonds. The van der Waals surface area contributed by atoms with Crippen LogP contribution in [0.3, 0.4) is 0 Å². The summed E-state index contributed by atoms with van der Waals surface area (Å²) in [5.41, 5.74) is 0.248. The van der Waals surface area contributed by atoms with Gasteiger partial charge < -0.3 is 10.0 Å². The van der Waals surface area contributed by atoms with Crippen molar-refractivity contribution in [2.75, 3.05) is 7.05 Å². The molecule has 0 aromatic heterocycles. The Balaban J connectivity index is 2.69. The number of carboxylic acid groups (broad SMARTS) is 1. The van der Waals surface area contributed by atoms with E-state index >= 15 is 0 Å². The number of rotatable bonds is 5. The van der Waals surface area contributed by atoms with Gasteiger partial charge in [-0.1, -0.05) is 30.3 Å². The van der Waals surface area contributed by atoms with Crippen molar-refractivity contribution >= 4 is 11.9 Å². The van der Waals surface area contributed by atoms with E-state index in [0.29, 0.717) is 6.42 Å². The van der Waals surface area contributed by atoms with Gasteiger partial charge in [0.05, 0.1) is 12.8 Å². The molecular formula is C14H19NO3. The third-order valence-corrected chi connectivity index (χ3v) is 3.06. The van der Waals surface area contributed by atoms with Crippen LogP contribution < -0.4 is 0 Å². The zero-order chi connectivity index (χ0) is 13.8. The van der Waals surface area contributed by atoms with E-state index in [1.54, 1.807) is 20.9 Å². The van der Waals surface area contributed by atoms with Crippen molar-refractivity contribution < 1.29 is 14.7 Å². The number of carbonyl (C=O) groups excluding carboxylic acids is 1. The van der Waals surface area contributed by atoms with Crippen LogP contribution in [0.25, 0.3) is 0 Å². The van der Waals surface area contributed by atoms with E-state index in [1.807, 2.05) is 30.3 Å². The Kier molecular flexibility index (Phi) is 4.48. The van der Waals surface area contributed by atoms with E-state index in [9.17, 15) is 9.59 Å². The molecule has 1 aromatic carbocycles. The van der Waals surface area contributed by atoms with Crippen molar-refractivity contribution in [3.05, 3.63) is 35.9 Å². The second kappa shape index (κ2) is 5.67. The van der Waals surface area contributed by atoms with Crippen LogP contribution in [0.2, 0.25) is 0 Å². The number of carbonyl (C=O) groups is 2. The van der Waals surface area contributed by atoms with E-state index in [0.717, 1.165) is 5.56 Å². The molecule has 18 heavy (non-hydrogen) atoms. The minimum atomic E-state index is -0.903. The molecule has 1 N–H and O–H groups in total. The fourth-order valence-electron chi connectivity index (χ4n) is 1.72. The van der Waals surface area contributed by atoms with Gasteiger partial charge in [0.15, 0.2) is 0 Å². The molecule has 1 aromatic rings. The number of likely N-dealkylation sites (N-methyl/N-ethyl adjacent to an activating group) is 1. The second-order valence-electron chi connectivity index (χ2n) is 5.00. The van der Waals surface area contributed by atoms with Crippen LogP contribution >= 0.6 is 0 Å². The summed E-state index contributed by atoms with van der Waals surface area (Å²) in [7, 11) is 1.65. The molecule has 0 unspecified atom stereocenters. The molecule has 4 heteroatoms. The lowest BCUT2D eigenvalue weighted by Crippen LogP contribution is -2.47. The maximum atomic E-state index is 12.1. The fraction of sp³-hybridized carbons (Fsp3) is 0.429. The molecule has 0 aliphatic rings. The number of hydrogen-bond donors (Lipinski definition) is 1. The van der Waals surface area contributed by atoms with Gasteiger partial charge in [-0.05, 0) is 19.4 Å². The van der Waals surface area contributed by atoms with Crippen LogP contribution in [0.5, 0.6) is 0 Å². The maximum absolute atomic E-state index is 12.1. The minimum absolute atomic E-state index is 0.0654. The Bertz CT molecular complexity index is 426. The number of nitrogens with zero attached hydrogens (tertiary/aromatic N) is 1. The molecular weight excluding hydrogens is 230 g/mol. The van der Waals surface area contributed by atoms with E-state index in [2.05, 4.69) is 0 Å². The Morgan fingerprint density at radius 1 is 1.22 bits per heavy atom. The molecule has 4 nitrogen and oxygen atoms in total. The minimum Gasteiger partial charge on any atom is -0.481 e. The Morgan fingerprint density at radius 3 is 2.28 bits per heavy atom. The van der Waals surface area contributed by atoms with Gasteiger partial charge in [0.1, 0.15) is 0 Å². The van der Waals surface area contributed by atoms with Crippen molar-refractivity contribution in [1.82, 2.24) is 4.90 Å². The monoisotopic (exact) mass is 249 g/mol. The van der Waals surface area contributed by atoms with Gasteiger partial charge in [-0.2, -0.15) is 0 Å². The fourth-order valence-corrected chi connectivity index (χ4v) is 1.72. The summed E-state index contributed by atoms with van der Waals surface area (Å²) in [6.07, 6.45) is 0.227. The molecule has 1 rings (SSSR count). The molecule has 0 radical (unpaired) electrons. The molecule has 0 spiro atoms. The van der Waals surface area contributed by atoms with Crippen molar-refractivity contribution in [2.45, 2.75) is 32.2 Å². The summed E-state index contributed by atoms with van der Waals surface area (Å²) in [6.45, 7) is 3.51. The maximum Gasteiger partial charge on any atom is 0.305 e. The molecule has 0 aliphatic heterocycles. The number of benzene rings is 1. The van der Waals surface area contributed by atoms with Gasteiger partial charge in [0, 0.05) is 12.6 Å². The standard InChI is InChI=1S/C14H19NO3/c1-14(2,10-13(17)18)15(3)12(16)9-11-7-5-4-6-8-11/h4-8H,9-10H2,1-3H3,(H,17,18). The third kappa shape index (κ3) is 3.87. The average Bonchev–Trinajstić information content (AvgIpc) is 2.27. The van der Waals surface area contributed by atoms with Gasteiger partial charge >= 0.3 is 5.97 Å². The number of amides is 1. The molecule has 0 saturated heterocycles. The largest absolute Gasteiger partial charge is 0.481 e. The first kappa shape index (κ1) is 14.2. The van der Waals surface area contributed by atoms with Crippen molar-refractivity contribution in [3.8, 4) is 0 Å². The van der Waals surface area contributed by atoms with Gasteiger partial charge in [0.25, 0.3) is 0 Å². The van der Waals surface area contributed by atoms with Crippen LogP contribution in [0.4, 0.5) is 0 Å². The summed E-state index contributed by atoms with van der Waals surface area (Å²) >= 11 is 0. The SMILES string of the molecule is CN(C(=O)Cc1ccccc1)C(C)(C)CC(=O)O. The van der Waals surface area contributed by atoms with Crippen molar-refractivity contribution in [2.24, 2.45) is 0 Å². The van der Waals surface area contributed by atoms with Crippen LogP contribution in [0.1, 0.15) is 25.8 Å². The zero-order valence-corrected chi connectivity index (χ0v) is 11.0. The van der Waals surface area contributed by atoms with Crippen molar-refractivity contribution in [1.29, 1.82) is 0 Å². The molecule has 0 heterocycles. The predicted molar refractivity (Wildman–Crippen MR) is 69.2 cm³/mol. The van der Waals surface area contributed by atoms with Crippen LogP contribution in [-0.4, -0.2) is 34.5 Å². The Morgan fingerprint density at radius 2 is 1.78 bits per heavy atom. The molecule has 0 fully saturated rings. The van der Waals surface area contributed by atoms with E-state index in [4.69, 9.17) is 5.11 Å². The van der Waals surface area contributed by atoms with E-state index < -0.39 is 11.5 Å². The Hall–Kier alpha value is -1.84. The van der Waals surface area contributed by atoms with Gasteiger partial charge in [-0.25, -0.2) is 0 Å². The summed E-state index contributed by atoms with van der Waals surface area (Å²) < 4.78 is 0. The van der Waals surface area contributed by atoms with Gasteiger partial charge in [0.2, 0.25) is 5.91 Å².